The van der Waals surface area contributed by atoms with Crippen molar-refractivity contribution in [1.82, 2.24) is 9.80 Å². The molecule has 0 bridgehead atoms. The largest absolute Gasteiger partial charge is 0.448 e. The number of amides is 2. The number of benzene rings is 2. The minimum absolute atomic E-state index is 0.0116. The fourth-order valence-electron chi connectivity index (χ4n) is 5.16. The lowest BCUT2D eigenvalue weighted by molar-refractivity contribution is -0.131. The molecule has 9 heteroatoms. The standard InChI is InChI=1S/C29H35N5O4/c1-4-27(36)34-15-13-32(14-16-34)22-7-5-21(6-8-22)30-29(37)26-19-25(35)23-17-20(2)18-24(28(23)38-26)33-11-9-31(3)10-12-33/h5-8,17-19H,4,9-16H2,1-3H3,(H,30,37). The number of carbonyl (C=O) groups is 2. The van der Waals surface area contributed by atoms with E-state index in [9.17, 15) is 14.4 Å². The topological polar surface area (TPSA) is 89.3 Å². The van der Waals surface area contributed by atoms with Crippen molar-refractivity contribution in [2.24, 2.45) is 0 Å². The van der Waals surface area contributed by atoms with Gasteiger partial charge in [0.05, 0.1) is 11.1 Å². The van der Waals surface area contributed by atoms with E-state index in [2.05, 4.69) is 27.1 Å². The average molecular weight is 518 g/mol. The Morgan fingerprint density at radius 2 is 1.55 bits per heavy atom. The maximum atomic E-state index is 13.1. The molecule has 0 saturated carbocycles. The molecule has 0 unspecified atom stereocenters. The first-order chi connectivity index (χ1) is 18.3. The lowest BCUT2D eigenvalue weighted by Crippen LogP contribution is -2.48. The Morgan fingerprint density at radius 1 is 0.895 bits per heavy atom. The van der Waals surface area contributed by atoms with Gasteiger partial charge in [0.25, 0.3) is 5.91 Å². The molecule has 0 atom stereocenters. The second kappa shape index (κ2) is 10.9. The van der Waals surface area contributed by atoms with Crippen molar-refractivity contribution in [3.8, 4) is 0 Å². The first-order valence-electron chi connectivity index (χ1n) is 13.3. The van der Waals surface area contributed by atoms with E-state index in [0.29, 0.717) is 36.2 Å². The number of carbonyl (C=O) groups excluding carboxylic acids is 2. The average Bonchev–Trinajstić information content (AvgIpc) is 2.93. The van der Waals surface area contributed by atoms with E-state index in [1.807, 2.05) is 55.1 Å². The Balaban J connectivity index is 1.32. The summed E-state index contributed by atoms with van der Waals surface area (Å²) in [4.78, 5) is 46.7. The van der Waals surface area contributed by atoms with Gasteiger partial charge in [0.1, 0.15) is 0 Å². The van der Waals surface area contributed by atoms with E-state index < -0.39 is 5.91 Å². The molecule has 2 aromatic carbocycles. The van der Waals surface area contributed by atoms with Gasteiger partial charge in [-0.05, 0) is 55.9 Å². The van der Waals surface area contributed by atoms with E-state index in [0.717, 1.165) is 56.2 Å². The van der Waals surface area contributed by atoms with Gasteiger partial charge < -0.3 is 29.3 Å². The predicted octanol–water partition coefficient (Wildman–Crippen LogP) is 3.16. The summed E-state index contributed by atoms with van der Waals surface area (Å²) >= 11 is 0. The second-order valence-corrected chi connectivity index (χ2v) is 10.1. The molecule has 0 spiro atoms. The number of piperazine rings is 2. The van der Waals surface area contributed by atoms with Crippen molar-refractivity contribution in [1.29, 1.82) is 0 Å². The van der Waals surface area contributed by atoms with Gasteiger partial charge in [0.2, 0.25) is 5.91 Å². The Bertz CT molecular complexity index is 1380. The molecule has 2 aliphatic heterocycles. The molecule has 1 N–H and O–H groups in total. The van der Waals surface area contributed by atoms with Crippen molar-refractivity contribution in [2.75, 3.05) is 74.5 Å². The third-order valence-electron chi connectivity index (χ3n) is 7.45. The minimum atomic E-state index is -0.464. The number of likely N-dealkylation sites (N-methyl/N-ethyl adjacent to an activating group) is 1. The summed E-state index contributed by atoms with van der Waals surface area (Å²) in [5.74, 6) is -0.287. The highest BCUT2D eigenvalue weighted by Crippen LogP contribution is 2.29. The second-order valence-electron chi connectivity index (χ2n) is 10.1. The number of nitrogens with zero attached hydrogens (tertiary/aromatic N) is 4. The molecular formula is C29H35N5O4. The quantitative estimate of drug-likeness (QED) is 0.556. The van der Waals surface area contributed by atoms with Crippen LogP contribution >= 0.6 is 0 Å². The summed E-state index contributed by atoms with van der Waals surface area (Å²) in [5, 5.41) is 3.35. The van der Waals surface area contributed by atoms with E-state index >= 15 is 0 Å². The molecule has 0 aliphatic carbocycles. The predicted molar refractivity (Wildman–Crippen MR) is 150 cm³/mol. The maximum absolute atomic E-state index is 13.1. The Kier molecular flexibility index (Phi) is 7.37. The van der Waals surface area contributed by atoms with Crippen LogP contribution in [0.3, 0.4) is 0 Å². The number of anilines is 3. The van der Waals surface area contributed by atoms with Crippen LogP contribution < -0.4 is 20.5 Å². The first kappa shape index (κ1) is 25.8. The monoisotopic (exact) mass is 517 g/mol. The Morgan fingerprint density at radius 3 is 2.21 bits per heavy atom. The third-order valence-corrected chi connectivity index (χ3v) is 7.45. The van der Waals surface area contributed by atoms with Crippen LogP contribution in [0.15, 0.2) is 51.7 Å². The van der Waals surface area contributed by atoms with E-state index in [1.165, 1.54) is 6.07 Å². The zero-order valence-electron chi connectivity index (χ0n) is 22.3. The lowest BCUT2D eigenvalue weighted by Gasteiger charge is -2.36. The third kappa shape index (κ3) is 5.38. The van der Waals surface area contributed by atoms with Crippen LogP contribution in [-0.2, 0) is 4.79 Å². The molecule has 9 nitrogen and oxygen atoms in total. The molecule has 38 heavy (non-hydrogen) atoms. The molecule has 2 saturated heterocycles. The summed E-state index contributed by atoms with van der Waals surface area (Å²) in [7, 11) is 2.09. The van der Waals surface area contributed by atoms with Gasteiger partial charge in [-0.2, -0.15) is 0 Å². The molecule has 200 valence electrons. The van der Waals surface area contributed by atoms with Crippen LogP contribution in [0.25, 0.3) is 11.0 Å². The number of hydrogen-bond acceptors (Lipinski definition) is 7. The number of aryl methyl sites for hydroxylation is 1. The van der Waals surface area contributed by atoms with Gasteiger partial charge in [0.15, 0.2) is 16.8 Å². The fourth-order valence-corrected chi connectivity index (χ4v) is 5.16. The Hall–Kier alpha value is -3.85. The fraction of sp³-hybridized carbons (Fsp3) is 0.414. The van der Waals surface area contributed by atoms with Crippen LogP contribution in [0.5, 0.6) is 0 Å². The smallest absolute Gasteiger partial charge is 0.291 e. The summed E-state index contributed by atoms with van der Waals surface area (Å²) in [5.41, 5.74) is 3.71. The molecule has 2 amide bonds. The summed E-state index contributed by atoms with van der Waals surface area (Å²) < 4.78 is 6.09. The highest BCUT2D eigenvalue weighted by atomic mass is 16.3. The molecule has 3 aromatic rings. The molecular weight excluding hydrogens is 482 g/mol. The van der Waals surface area contributed by atoms with E-state index in [-0.39, 0.29) is 17.1 Å². The van der Waals surface area contributed by atoms with E-state index in [4.69, 9.17) is 4.42 Å². The van der Waals surface area contributed by atoms with Crippen molar-refractivity contribution >= 4 is 39.8 Å². The molecule has 1 aromatic heterocycles. The summed E-state index contributed by atoms with van der Waals surface area (Å²) in [6.45, 7) is 10.3. The van der Waals surface area contributed by atoms with Crippen LogP contribution in [0.2, 0.25) is 0 Å². The van der Waals surface area contributed by atoms with Gasteiger partial charge >= 0.3 is 0 Å². The Labute approximate surface area is 222 Å². The number of hydrogen-bond donors (Lipinski definition) is 1. The van der Waals surface area contributed by atoms with Gasteiger partial charge in [-0.3, -0.25) is 14.4 Å². The lowest BCUT2D eigenvalue weighted by atomic mass is 10.1. The number of rotatable bonds is 5. The number of nitrogens with one attached hydrogen (secondary N) is 1. The van der Waals surface area contributed by atoms with Crippen LogP contribution in [0, 0.1) is 6.92 Å². The normalized spacial score (nSPS) is 16.7. The summed E-state index contributed by atoms with van der Waals surface area (Å²) in [6.07, 6.45) is 0.530. The van der Waals surface area contributed by atoms with Crippen LogP contribution in [0.1, 0.15) is 29.5 Å². The van der Waals surface area contributed by atoms with Crippen molar-refractivity contribution in [3.63, 3.8) is 0 Å². The number of fused-ring (bicyclic) bond motifs is 1. The van der Waals surface area contributed by atoms with Crippen molar-refractivity contribution in [3.05, 3.63) is 64.0 Å². The first-order valence-corrected chi connectivity index (χ1v) is 13.3. The van der Waals surface area contributed by atoms with Gasteiger partial charge in [-0.1, -0.05) is 6.92 Å². The van der Waals surface area contributed by atoms with Crippen LogP contribution in [0.4, 0.5) is 17.1 Å². The van der Waals surface area contributed by atoms with Crippen molar-refractivity contribution in [2.45, 2.75) is 20.3 Å². The zero-order chi connectivity index (χ0) is 26.8. The minimum Gasteiger partial charge on any atom is -0.448 e. The molecule has 2 fully saturated rings. The van der Waals surface area contributed by atoms with Gasteiger partial charge in [-0.25, -0.2) is 0 Å². The molecule has 5 rings (SSSR count). The summed E-state index contributed by atoms with van der Waals surface area (Å²) in [6, 6.07) is 12.7. The van der Waals surface area contributed by atoms with E-state index in [1.54, 1.807) is 0 Å². The maximum Gasteiger partial charge on any atom is 0.291 e. The van der Waals surface area contributed by atoms with Crippen LogP contribution in [-0.4, -0.2) is 81.0 Å². The molecule has 3 heterocycles. The van der Waals surface area contributed by atoms with Crippen molar-refractivity contribution < 1.29 is 14.0 Å². The zero-order valence-corrected chi connectivity index (χ0v) is 22.3. The molecule has 0 radical (unpaired) electrons. The highest BCUT2D eigenvalue weighted by Gasteiger charge is 2.22. The van der Waals surface area contributed by atoms with Gasteiger partial charge in [0, 0.05) is 76.2 Å². The SMILES string of the molecule is CCC(=O)N1CCN(c2ccc(NC(=O)c3cc(=O)c4cc(C)cc(N5CCN(C)CC5)c4o3)cc2)CC1. The van der Waals surface area contributed by atoms with Gasteiger partial charge in [-0.15, -0.1) is 0 Å². The molecule has 2 aliphatic rings. The highest BCUT2D eigenvalue weighted by molar-refractivity contribution is 6.03.